The van der Waals surface area contributed by atoms with Crippen LogP contribution in [-0.2, 0) is 6.42 Å². The molecule has 1 aromatic rings. The number of rotatable bonds is 6. The van der Waals surface area contributed by atoms with E-state index < -0.39 is 11.6 Å². The molecule has 0 aliphatic carbocycles. The molecule has 16 heavy (non-hydrogen) atoms. The maximum absolute atomic E-state index is 13.4. The Morgan fingerprint density at radius 2 is 1.69 bits per heavy atom. The summed E-state index contributed by atoms with van der Waals surface area (Å²) in [6.07, 6.45) is 6.31. The summed E-state index contributed by atoms with van der Waals surface area (Å²) in [5.41, 5.74) is 1.32. The van der Waals surface area contributed by atoms with Crippen molar-refractivity contribution in [3.63, 3.8) is 0 Å². The van der Waals surface area contributed by atoms with Gasteiger partial charge in [0.1, 0.15) is 0 Å². The van der Waals surface area contributed by atoms with Gasteiger partial charge in [-0.3, -0.25) is 0 Å². The van der Waals surface area contributed by atoms with Crippen LogP contribution in [0.2, 0.25) is 0 Å². The lowest BCUT2D eigenvalue weighted by Crippen LogP contribution is -1.96. The predicted octanol–water partition coefficient (Wildman–Crippen LogP) is 4.79. The largest absolute Gasteiger partial charge is 0.204 e. The number of benzene rings is 1. The van der Waals surface area contributed by atoms with Crippen molar-refractivity contribution in [3.05, 3.63) is 34.9 Å². The summed E-state index contributed by atoms with van der Waals surface area (Å²) in [4.78, 5) is 0. The Morgan fingerprint density at radius 1 is 1.00 bits per heavy atom. The van der Waals surface area contributed by atoms with Gasteiger partial charge >= 0.3 is 0 Å². The van der Waals surface area contributed by atoms with E-state index in [-0.39, 0.29) is 0 Å². The van der Waals surface area contributed by atoms with Crippen LogP contribution in [0.1, 0.15) is 50.2 Å². The SMILES string of the molecule is CCCCCCCc1cc(C)cc(F)c1F. The second-order valence-corrected chi connectivity index (χ2v) is 4.38. The van der Waals surface area contributed by atoms with Crippen LogP contribution < -0.4 is 0 Å². The highest BCUT2D eigenvalue weighted by Gasteiger charge is 2.08. The van der Waals surface area contributed by atoms with Gasteiger partial charge in [-0.05, 0) is 37.0 Å². The molecule has 0 saturated carbocycles. The van der Waals surface area contributed by atoms with Crippen LogP contribution in [0.25, 0.3) is 0 Å². The van der Waals surface area contributed by atoms with Crippen LogP contribution in [0.3, 0.4) is 0 Å². The lowest BCUT2D eigenvalue weighted by Gasteiger charge is -2.05. The minimum absolute atomic E-state index is 0.522. The standard InChI is InChI=1S/C14H20F2/c1-3-4-5-6-7-8-12-9-11(2)10-13(15)14(12)16/h9-10H,3-8H2,1-2H3. The first-order valence-corrected chi connectivity index (χ1v) is 6.09. The van der Waals surface area contributed by atoms with Gasteiger partial charge in [0.2, 0.25) is 0 Å². The molecule has 0 bridgehead atoms. The predicted molar refractivity (Wildman–Crippen MR) is 63.6 cm³/mol. The Bertz CT molecular complexity index is 332. The van der Waals surface area contributed by atoms with Gasteiger partial charge in [0.15, 0.2) is 11.6 Å². The molecule has 1 rings (SSSR count). The van der Waals surface area contributed by atoms with Crippen LogP contribution in [0, 0.1) is 18.6 Å². The molecular weight excluding hydrogens is 206 g/mol. The van der Waals surface area contributed by atoms with Crippen molar-refractivity contribution in [3.8, 4) is 0 Å². The normalized spacial score (nSPS) is 10.8. The fourth-order valence-corrected chi connectivity index (χ4v) is 1.90. The van der Waals surface area contributed by atoms with E-state index in [0.717, 1.165) is 18.4 Å². The zero-order valence-electron chi connectivity index (χ0n) is 10.2. The smallest absolute Gasteiger partial charge is 0.162 e. The first-order valence-electron chi connectivity index (χ1n) is 6.09. The molecule has 90 valence electrons. The van der Waals surface area contributed by atoms with Gasteiger partial charge in [-0.15, -0.1) is 0 Å². The number of unbranched alkanes of at least 4 members (excludes halogenated alkanes) is 4. The average molecular weight is 226 g/mol. The minimum atomic E-state index is -0.719. The second kappa shape index (κ2) is 6.62. The van der Waals surface area contributed by atoms with E-state index in [2.05, 4.69) is 6.92 Å². The van der Waals surface area contributed by atoms with Crippen molar-refractivity contribution < 1.29 is 8.78 Å². The van der Waals surface area contributed by atoms with Crippen LogP contribution in [0.5, 0.6) is 0 Å². The fraction of sp³-hybridized carbons (Fsp3) is 0.571. The third-order valence-electron chi connectivity index (χ3n) is 2.80. The summed E-state index contributed by atoms with van der Waals surface area (Å²) in [6.45, 7) is 3.96. The zero-order valence-corrected chi connectivity index (χ0v) is 10.2. The second-order valence-electron chi connectivity index (χ2n) is 4.38. The number of halogens is 2. The van der Waals surface area contributed by atoms with Gasteiger partial charge in [-0.1, -0.05) is 38.7 Å². The summed E-state index contributed by atoms with van der Waals surface area (Å²) in [7, 11) is 0. The molecule has 0 saturated heterocycles. The topological polar surface area (TPSA) is 0 Å². The molecule has 0 nitrogen and oxygen atoms in total. The Kier molecular flexibility index (Phi) is 5.44. The minimum Gasteiger partial charge on any atom is -0.204 e. The highest BCUT2D eigenvalue weighted by atomic mass is 19.2. The molecule has 2 heteroatoms. The lowest BCUT2D eigenvalue weighted by atomic mass is 10.0. The first-order chi connectivity index (χ1) is 7.65. The Balaban J connectivity index is 2.47. The van der Waals surface area contributed by atoms with Gasteiger partial charge in [-0.2, -0.15) is 0 Å². The van der Waals surface area contributed by atoms with Crippen LogP contribution in [0.15, 0.2) is 12.1 Å². The summed E-state index contributed by atoms with van der Waals surface area (Å²) in [6, 6.07) is 2.99. The molecule has 1 aromatic carbocycles. The highest BCUT2D eigenvalue weighted by molar-refractivity contribution is 5.25. The van der Waals surface area contributed by atoms with E-state index in [4.69, 9.17) is 0 Å². The summed E-state index contributed by atoms with van der Waals surface area (Å²) in [5.74, 6) is -1.38. The van der Waals surface area contributed by atoms with E-state index in [1.807, 2.05) is 0 Å². The van der Waals surface area contributed by atoms with E-state index in [0.29, 0.717) is 12.0 Å². The summed E-state index contributed by atoms with van der Waals surface area (Å²) >= 11 is 0. The van der Waals surface area contributed by atoms with E-state index >= 15 is 0 Å². The van der Waals surface area contributed by atoms with Crippen LogP contribution in [-0.4, -0.2) is 0 Å². The van der Waals surface area contributed by atoms with Crippen molar-refractivity contribution >= 4 is 0 Å². The van der Waals surface area contributed by atoms with Crippen LogP contribution >= 0.6 is 0 Å². The molecule has 0 aliphatic rings. The van der Waals surface area contributed by atoms with Gasteiger partial charge < -0.3 is 0 Å². The van der Waals surface area contributed by atoms with Gasteiger partial charge in [0.25, 0.3) is 0 Å². The average Bonchev–Trinajstić information content (AvgIpc) is 2.24. The highest BCUT2D eigenvalue weighted by Crippen LogP contribution is 2.17. The lowest BCUT2D eigenvalue weighted by molar-refractivity contribution is 0.494. The summed E-state index contributed by atoms with van der Waals surface area (Å²) < 4.78 is 26.5. The fourth-order valence-electron chi connectivity index (χ4n) is 1.90. The summed E-state index contributed by atoms with van der Waals surface area (Å²) in [5, 5.41) is 0. The van der Waals surface area contributed by atoms with Crippen molar-refractivity contribution in [2.75, 3.05) is 0 Å². The van der Waals surface area contributed by atoms with Crippen molar-refractivity contribution in [2.24, 2.45) is 0 Å². The number of hydrogen-bond donors (Lipinski definition) is 0. The first kappa shape index (κ1) is 13.1. The Hall–Kier alpha value is -0.920. The molecule has 0 aromatic heterocycles. The molecule has 0 amide bonds. The maximum atomic E-state index is 13.4. The quantitative estimate of drug-likeness (QED) is 0.612. The van der Waals surface area contributed by atoms with Crippen molar-refractivity contribution in [1.82, 2.24) is 0 Å². The molecule has 0 fully saturated rings. The molecule has 0 radical (unpaired) electrons. The van der Waals surface area contributed by atoms with E-state index in [1.54, 1.807) is 13.0 Å². The maximum Gasteiger partial charge on any atom is 0.162 e. The molecule has 0 unspecified atom stereocenters. The van der Waals surface area contributed by atoms with E-state index in [9.17, 15) is 8.78 Å². The Labute approximate surface area is 96.7 Å². The number of aryl methyl sites for hydroxylation is 2. The van der Waals surface area contributed by atoms with Crippen molar-refractivity contribution in [2.45, 2.75) is 52.4 Å². The molecular formula is C14H20F2. The molecule has 0 atom stereocenters. The molecule has 0 aliphatic heterocycles. The van der Waals surface area contributed by atoms with Gasteiger partial charge in [-0.25, -0.2) is 8.78 Å². The third-order valence-corrected chi connectivity index (χ3v) is 2.80. The molecule has 0 N–H and O–H groups in total. The third kappa shape index (κ3) is 3.92. The van der Waals surface area contributed by atoms with Crippen LogP contribution in [0.4, 0.5) is 8.78 Å². The van der Waals surface area contributed by atoms with E-state index in [1.165, 1.54) is 25.3 Å². The molecule has 0 heterocycles. The molecule has 0 spiro atoms. The Morgan fingerprint density at radius 3 is 2.38 bits per heavy atom. The van der Waals surface area contributed by atoms with Crippen molar-refractivity contribution in [1.29, 1.82) is 0 Å². The van der Waals surface area contributed by atoms with Gasteiger partial charge in [0, 0.05) is 0 Å². The van der Waals surface area contributed by atoms with Gasteiger partial charge in [0.05, 0.1) is 0 Å². The zero-order chi connectivity index (χ0) is 12.0. The monoisotopic (exact) mass is 226 g/mol. The number of hydrogen-bond acceptors (Lipinski definition) is 0.